The number of rotatable bonds is 8. The molecule has 0 aliphatic carbocycles. The number of benzene rings is 1. The van der Waals surface area contributed by atoms with Gasteiger partial charge >= 0.3 is 0 Å². The van der Waals surface area contributed by atoms with Gasteiger partial charge in [0.2, 0.25) is 10.0 Å². The summed E-state index contributed by atoms with van der Waals surface area (Å²) in [6, 6.07) is 5.02. The average Bonchev–Trinajstić information content (AvgIpc) is 2.39. The Morgan fingerprint density at radius 3 is 2.62 bits per heavy atom. The van der Waals surface area contributed by atoms with Crippen molar-refractivity contribution < 1.29 is 13.2 Å². The van der Waals surface area contributed by atoms with E-state index in [1.165, 1.54) is 0 Å². The van der Waals surface area contributed by atoms with Gasteiger partial charge in [0.15, 0.2) is 0 Å². The monoisotopic (exact) mass is 314 g/mol. The van der Waals surface area contributed by atoms with Gasteiger partial charge in [0.25, 0.3) is 5.91 Å². The normalized spacial score (nSPS) is 11.1. The Kier molecular flexibility index (Phi) is 6.44. The second-order valence-corrected chi connectivity index (χ2v) is 6.44. The first kappa shape index (κ1) is 17.3. The highest BCUT2D eigenvalue weighted by molar-refractivity contribution is 7.88. The molecule has 0 atom stereocenters. The van der Waals surface area contributed by atoms with E-state index < -0.39 is 10.0 Å². The van der Waals surface area contributed by atoms with Crippen LogP contribution in [0.2, 0.25) is 0 Å². The predicted molar refractivity (Wildman–Crippen MR) is 84.8 cm³/mol. The fourth-order valence-corrected chi connectivity index (χ4v) is 2.20. The number of hydrogen-bond donors (Lipinski definition) is 4. The molecule has 0 saturated heterocycles. The van der Waals surface area contributed by atoms with Crippen molar-refractivity contribution in [3.63, 3.8) is 0 Å². The van der Waals surface area contributed by atoms with E-state index in [2.05, 4.69) is 15.4 Å². The van der Waals surface area contributed by atoms with Crippen molar-refractivity contribution in [3.8, 4) is 0 Å². The number of anilines is 2. The quantitative estimate of drug-likeness (QED) is 0.409. The summed E-state index contributed by atoms with van der Waals surface area (Å²) in [6.07, 6.45) is 1.73. The zero-order valence-corrected chi connectivity index (χ0v) is 13.1. The molecule has 1 aromatic rings. The summed E-state index contributed by atoms with van der Waals surface area (Å²) >= 11 is 0. The van der Waals surface area contributed by atoms with Crippen LogP contribution in [-0.4, -0.2) is 40.2 Å². The van der Waals surface area contributed by atoms with E-state index >= 15 is 0 Å². The molecule has 0 aliphatic heterocycles. The lowest BCUT2D eigenvalue weighted by Crippen LogP contribution is -2.24. The summed E-state index contributed by atoms with van der Waals surface area (Å²) in [4.78, 5) is 11.7. The van der Waals surface area contributed by atoms with Crippen molar-refractivity contribution >= 4 is 27.3 Å². The van der Waals surface area contributed by atoms with E-state index in [-0.39, 0.29) is 5.91 Å². The number of hydrogen-bond acceptors (Lipinski definition) is 5. The van der Waals surface area contributed by atoms with Crippen LogP contribution in [0.5, 0.6) is 0 Å². The summed E-state index contributed by atoms with van der Waals surface area (Å²) in [5.41, 5.74) is 7.58. The van der Waals surface area contributed by atoms with Gasteiger partial charge in [0.05, 0.1) is 17.6 Å². The highest BCUT2D eigenvalue weighted by Gasteiger charge is 2.07. The first-order valence-electron chi connectivity index (χ1n) is 6.69. The number of sulfonamides is 1. The van der Waals surface area contributed by atoms with Crippen LogP contribution in [0.3, 0.4) is 0 Å². The molecule has 0 aliphatic rings. The molecule has 0 heterocycles. The van der Waals surface area contributed by atoms with E-state index in [0.29, 0.717) is 43.0 Å². The van der Waals surface area contributed by atoms with Gasteiger partial charge in [-0.15, -0.1) is 0 Å². The lowest BCUT2D eigenvalue weighted by molar-refractivity contribution is 0.0956. The zero-order valence-electron chi connectivity index (χ0n) is 12.3. The Morgan fingerprint density at radius 1 is 1.29 bits per heavy atom. The molecule has 0 bridgehead atoms. The van der Waals surface area contributed by atoms with Crippen LogP contribution in [0.25, 0.3) is 0 Å². The fraction of sp³-hybridized carbons (Fsp3) is 0.462. The maximum absolute atomic E-state index is 11.7. The standard InChI is InChI=1S/C13H22N4O3S/c1-3-15-13(18)10-5-6-11(14)12(9-10)16-7-4-8-17-21(2,19)20/h5-6,9,16-17H,3-4,7-8,14H2,1-2H3,(H,15,18). The lowest BCUT2D eigenvalue weighted by atomic mass is 10.1. The lowest BCUT2D eigenvalue weighted by Gasteiger charge is -2.11. The van der Waals surface area contributed by atoms with Gasteiger partial charge in [0, 0.05) is 25.2 Å². The molecule has 7 nitrogen and oxygen atoms in total. The van der Waals surface area contributed by atoms with Crippen LogP contribution in [0.1, 0.15) is 23.7 Å². The highest BCUT2D eigenvalue weighted by Crippen LogP contribution is 2.19. The summed E-state index contributed by atoms with van der Waals surface area (Å²) < 4.78 is 24.2. The molecule has 1 amide bonds. The number of amides is 1. The molecule has 21 heavy (non-hydrogen) atoms. The highest BCUT2D eigenvalue weighted by atomic mass is 32.2. The van der Waals surface area contributed by atoms with Gasteiger partial charge in [0.1, 0.15) is 0 Å². The molecule has 0 saturated carbocycles. The second-order valence-electron chi connectivity index (χ2n) is 4.61. The minimum Gasteiger partial charge on any atom is -0.397 e. The summed E-state index contributed by atoms with van der Waals surface area (Å²) in [7, 11) is -3.16. The molecule has 1 rings (SSSR count). The second kappa shape index (κ2) is 7.84. The fourth-order valence-electron chi connectivity index (χ4n) is 1.68. The topological polar surface area (TPSA) is 113 Å². The van der Waals surface area contributed by atoms with Gasteiger partial charge in [-0.1, -0.05) is 0 Å². The van der Waals surface area contributed by atoms with Crippen molar-refractivity contribution in [2.75, 3.05) is 36.9 Å². The minimum absolute atomic E-state index is 0.153. The van der Waals surface area contributed by atoms with E-state index in [1.807, 2.05) is 6.92 Å². The van der Waals surface area contributed by atoms with E-state index in [0.717, 1.165) is 6.26 Å². The molecule has 0 radical (unpaired) electrons. The van der Waals surface area contributed by atoms with Gasteiger partial charge in [-0.05, 0) is 31.5 Å². The van der Waals surface area contributed by atoms with Crippen LogP contribution in [0, 0.1) is 0 Å². The van der Waals surface area contributed by atoms with Crippen LogP contribution >= 0.6 is 0 Å². The van der Waals surface area contributed by atoms with Gasteiger partial charge in [-0.3, -0.25) is 4.79 Å². The molecule has 0 unspecified atom stereocenters. The Morgan fingerprint density at radius 2 is 2.00 bits per heavy atom. The first-order chi connectivity index (χ1) is 9.83. The molecular weight excluding hydrogens is 292 g/mol. The molecule has 0 aromatic heterocycles. The Balaban J connectivity index is 2.54. The zero-order chi connectivity index (χ0) is 15.9. The molecule has 0 spiro atoms. The molecule has 118 valence electrons. The van der Waals surface area contributed by atoms with Crippen molar-refractivity contribution in [1.82, 2.24) is 10.0 Å². The molecule has 1 aromatic carbocycles. The molecular formula is C13H22N4O3S. The number of nitrogen functional groups attached to an aromatic ring is 1. The molecule has 0 fully saturated rings. The number of nitrogens with two attached hydrogens (primary N) is 1. The molecule has 8 heteroatoms. The predicted octanol–water partition coefficient (Wildman–Crippen LogP) is 0.370. The van der Waals surface area contributed by atoms with Crippen molar-refractivity contribution in [2.24, 2.45) is 0 Å². The summed E-state index contributed by atoms with van der Waals surface area (Å²) in [5, 5.41) is 5.81. The van der Waals surface area contributed by atoms with Crippen molar-refractivity contribution in [3.05, 3.63) is 23.8 Å². The maximum atomic E-state index is 11.7. The largest absolute Gasteiger partial charge is 0.397 e. The molecule has 5 N–H and O–H groups in total. The van der Waals surface area contributed by atoms with Gasteiger partial charge in [-0.25, -0.2) is 13.1 Å². The van der Waals surface area contributed by atoms with Crippen LogP contribution in [-0.2, 0) is 10.0 Å². The third-order valence-corrected chi connectivity index (χ3v) is 3.41. The van der Waals surface area contributed by atoms with E-state index in [9.17, 15) is 13.2 Å². The minimum atomic E-state index is -3.16. The average molecular weight is 314 g/mol. The third kappa shape index (κ3) is 6.46. The number of carbonyl (C=O) groups excluding carboxylic acids is 1. The Labute approximate surface area is 125 Å². The van der Waals surface area contributed by atoms with Crippen LogP contribution in [0.15, 0.2) is 18.2 Å². The first-order valence-corrected chi connectivity index (χ1v) is 8.59. The number of nitrogens with one attached hydrogen (secondary N) is 3. The SMILES string of the molecule is CCNC(=O)c1ccc(N)c(NCCCNS(C)(=O)=O)c1. The third-order valence-electron chi connectivity index (χ3n) is 2.69. The van der Waals surface area contributed by atoms with Gasteiger partial charge < -0.3 is 16.4 Å². The smallest absolute Gasteiger partial charge is 0.251 e. The van der Waals surface area contributed by atoms with E-state index in [1.54, 1.807) is 18.2 Å². The maximum Gasteiger partial charge on any atom is 0.251 e. The Bertz CT molecular complexity index is 587. The van der Waals surface area contributed by atoms with Crippen LogP contribution < -0.4 is 21.1 Å². The van der Waals surface area contributed by atoms with Crippen molar-refractivity contribution in [1.29, 1.82) is 0 Å². The van der Waals surface area contributed by atoms with Gasteiger partial charge in [-0.2, -0.15) is 0 Å². The number of carbonyl (C=O) groups is 1. The van der Waals surface area contributed by atoms with Crippen molar-refractivity contribution in [2.45, 2.75) is 13.3 Å². The van der Waals surface area contributed by atoms with Crippen LogP contribution in [0.4, 0.5) is 11.4 Å². The Hall–Kier alpha value is -1.80. The summed E-state index contributed by atoms with van der Waals surface area (Å²) in [5.74, 6) is -0.153. The van der Waals surface area contributed by atoms with E-state index in [4.69, 9.17) is 5.73 Å². The summed E-state index contributed by atoms with van der Waals surface area (Å²) in [6.45, 7) is 3.31.